The molecule has 0 aliphatic heterocycles. The van der Waals surface area contributed by atoms with Crippen molar-refractivity contribution in [2.45, 2.75) is 11.8 Å². The van der Waals surface area contributed by atoms with Crippen LogP contribution in [-0.2, 0) is 0 Å². The molecule has 0 bridgehead atoms. The molecule has 8 N–H and O–H groups in total. The summed E-state index contributed by atoms with van der Waals surface area (Å²) in [6.07, 6.45) is 3.50. The topological polar surface area (TPSA) is 149 Å². The van der Waals surface area contributed by atoms with E-state index in [9.17, 15) is 0 Å². The molecular formula is C18H22Cl2N8. The van der Waals surface area contributed by atoms with E-state index in [2.05, 4.69) is 45.3 Å². The van der Waals surface area contributed by atoms with Crippen LogP contribution in [0.5, 0.6) is 0 Å². The van der Waals surface area contributed by atoms with Crippen LogP contribution in [0, 0.1) is 10.8 Å². The van der Waals surface area contributed by atoms with Crippen LogP contribution < -0.4 is 22.3 Å². The van der Waals surface area contributed by atoms with E-state index in [-0.39, 0.29) is 48.6 Å². The van der Waals surface area contributed by atoms with Crippen molar-refractivity contribution in [2.75, 3.05) is 0 Å². The normalized spacial score (nSPS) is 17.0. The Hall–Kier alpha value is -3.10. The van der Waals surface area contributed by atoms with Gasteiger partial charge in [-0.1, -0.05) is 48.5 Å². The van der Waals surface area contributed by atoms with E-state index < -0.39 is 0 Å². The molecule has 10 heteroatoms. The van der Waals surface area contributed by atoms with E-state index in [4.69, 9.17) is 22.3 Å². The molecule has 8 nitrogen and oxygen atoms in total. The number of hydrazone groups is 2. The van der Waals surface area contributed by atoms with Gasteiger partial charge in [0.15, 0.2) is 0 Å². The average Bonchev–Trinajstić information content (AvgIpc) is 2.62. The Morgan fingerprint density at radius 3 is 1.25 bits per heavy atom. The van der Waals surface area contributed by atoms with Crippen molar-refractivity contribution in [3.8, 4) is 0 Å². The standard InChI is InChI=1S/C18H20N8.2ClH/c19-17(20)25-23-9-15-11-5-1-2-6-12(11)16(10-24-26-18(21)22)14-8-4-3-7-13(14)15;;/h1-10,15-16H,(H4,19,20,25)(H4,21,22,26);2*1H. The maximum Gasteiger partial charge on any atom is 0.206 e. The summed E-state index contributed by atoms with van der Waals surface area (Å²) in [5.41, 5.74) is 19.9. The second kappa shape index (κ2) is 10.3. The van der Waals surface area contributed by atoms with Crippen molar-refractivity contribution >= 4 is 49.2 Å². The minimum atomic E-state index is -0.209. The van der Waals surface area contributed by atoms with E-state index in [0.717, 1.165) is 22.3 Å². The van der Waals surface area contributed by atoms with Crippen molar-refractivity contribution in [1.82, 2.24) is 10.9 Å². The fourth-order valence-electron chi connectivity index (χ4n) is 3.17. The quantitative estimate of drug-likeness (QED) is 0.255. The molecule has 2 aromatic rings. The number of rotatable bonds is 4. The van der Waals surface area contributed by atoms with Gasteiger partial charge in [-0.25, -0.2) is 10.9 Å². The Bertz CT molecular complexity index is 777. The number of halogens is 2. The van der Waals surface area contributed by atoms with Crippen molar-refractivity contribution in [1.29, 1.82) is 10.8 Å². The number of nitrogens with two attached hydrogens (primary N) is 2. The van der Waals surface area contributed by atoms with E-state index in [0.29, 0.717) is 0 Å². The highest BCUT2D eigenvalue weighted by Gasteiger charge is 2.30. The number of guanidine groups is 2. The molecule has 0 saturated heterocycles. The van der Waals surface area contributed by atoms with Crippen molar-refractivity contribution in [3.63, 3.8) is 0 Å². The molecule has 0 spiro atoms. The predicted molar refractivity (Wildman–Crippen MR) is 118 cm³/mol. The van der Waals surface area contributed by atoms with Crippen LogP contribution in [0.1, 0.15) is 34.1 Å². The van der Waals surface area contributed by atoms with Crippen LogP contribution in [0.3, 0.4) is 0 Å². The summed E-state index contributed by atoms with van der Waals surface area (Å²) in [6, 6.07) is 16.1. The van der Waals surface area contributed by atoms with Crippen LogP contribution in [-0.4, -0.2) is 24.3 Å². The molecule has 2 aromatic carbocycles. The first-order valence-electron chi connectivity index (χ1n) is 8.02. The van der Waals surface area contributed by atoms with E-state index in [1.54, 1.807) is 12.4 Å². The Kier molecular flexibility index (Phi) is 8.43. The van der Waals surface area contributed by atoms with Gasteiger partial charge in [0, 0.05) is 24.3 Å². The van der Waals surface area contributed by atoms with Gasteiger partial charge in [-0.3, -0.25) is 10.8 Å². The van der Waals surface area contributed by atoms with Gasteiger partial charge in [0.05, 0.1) is 0 Å². The molecule has 0 saturated carbocycles. The van der Waals surface area contributed by atoms with Gasteiger partial charge in [0.25, 0.3) is 0 Å². The maximum absolute atomic E-state index is 7.25. The fraction of sp³-hybridized carbons (Fsp3) is 0.111. The minimum Gasteiger partial charge on any atom is -0.369 e. The first-order valence-corrected chi connectivity index (χ1v) is 8.02. The number of fused-ring (bicyclic) bond motifs is 2. The van der Waals surface area contributed by atoms with Crippen LogP contribution in [0.25, 0.3) is 0 Å². The fourth-order valence-corrected chi connectivity index (χ4v) is 3.17. The summed E-state index contributed by atoms with van der Waals surface area (Å²) in [5.74, 6) is -0.558. The highest BCUT2D eigenvalue weighted by molar-refractivity contribution is 5.86. The third kappa shape index (κ3) is 4.99. The van der Waals surface area contributed by atoms with E-state index >= 15 is 0 Å². The average molecular weight is 421 g/mol. The van der Waals surface area contributed by atoms with Crippen molar-refractivity contribution < 1.29 is 0 Å². The third-order valence-electron chi connectivity index (χ3n) is 4.15. The lowest BCUT2D eigenvalue weighted by molar-refractivity contribution is 0.894. The van der Waals surface area contributed by atoms with Crippen molar-refractivity contribution in [2.24, 2.45) is 21.7 Å². The highest BCUT2D eigenvalue weighted by atomic mass is 35.5. The number of nitrogens with zero attached hydrogens (tertiary/aromatic N) is 2. The first kappa shape index (κ1) is 22.9. The van der Waals surface area contributed by atoms with Crippen LogP contribution in [0.2, 0.25) is 0 Å². The molecule has 0 aromatic heterocycles. The lowest BCUT2D eigenvalue weighted by Crippen LogP contribution is -2.27. The summed E-state index contributed by atoms with van der Waals surface area (Å²) in [7, 11) is 0. The van der Waals surface area contributed by atoms with Gasteiger partial charge < -0.3 is 11.5 Å². The summed E-state index contributed by atoms with van der Waals surface area (Å²) >= 11 is 0. The first-order chi connectivity index (χ1) is 12.6. The van der Waals surface area contributed by atoms with E-state index in [1.165, 1.54) is 0 Å². The monoisotopic (exact) mass is 420 g/mol. The molecular weight excluding hydrogens is 399 g/mol. The van der Waals surface area contributed by atoms with Gasteiger partial charge in [-0.15, -0.1) is 24.8 Å². The minimum absolute atomic E-state index is 0. The zero-order valence-electron chi connectivity index (χ0n) is 14.8. The highest BCUT2D eigenvalue weighted by Crippen LogP contribution is 2.41. The molecule has 0 heterocycles. The summed E-state index contributed by atoms with van der Waals surface area (Å²) in [4.78, 5) is 0. The Morgan fingerprint density at radius 2 is 1.00 bits per heavy atom. The van der Waals surface area contributed by atoms with Crippen LogP contribution in [0.4, 0.5) is 0 Å². The van der Waals surface area contributed by atoms with Gasteiger partial charge in [-0.2, -0.15) is 10.2 Å². The van der Waals surface area contributed by atoms with Crippen LogP contribution >= 0.6 is 24.8 Å². The number of hydrogen-bond donors (Lipinski definition) is 6. The third-order valence-corrected chi connectivity index (χ3v) is 4.15. The van der Waals surface area contributed by atoms with E-state index in [1.807, 2.05) is 24.3 Å². The lowest BCUT2D eigenvalue weighted by atomic mass is 9.73. The molecule has 0 unspecified atom stereocenters. The molecule has 148 valence electrons. The molecule has 1 aliphatic rings. The van der Waals surface area contributed by atoms with Gasteiger partial charge in [0.1, 0.15) is 0 Å². The smallest absolute Gasteiger partial charge is 0.206 e. The van der Waals surface area contributed by atoms with Crippen molar-refractivity contribution in [3.05, 3.63) is 70.8 Å². The molecule has 28 heavy (non-hydrogen) atoms. The largest absolute Gasteiger partial charge is 0.369 e. The Balaban J connectivity index is 0.00000196. The zero-order chi connectivity index (χ0) is 18.5. The van der Waals surface area contributed by atoms with Crippen LogP contribution in [0.15, 0.2) is 58.7 Å². The SMILES string of the molecule is Cl.Cl.N=C(N)NN=CC1c2ccccc2C(C=NNC(=N)N)c2ccccc21. The van der Waals surface area contributed by atoms with Gasteiger partial charge in [0.2, 0.25) is 11.9 Å². The second-order valence-electron chi connectivity index (χ2n) is 5.82. The second-order valence-corrected chi connectivity index (χ2v) is 5.82. The molecule has 0 atom stereocenters. The van der Waals surface area contributed by atoms with Gasteiger partial charge in [-0.05, 0) is 22.3 Å². The molecule has 0 fully saturated rings. The lowest BCUT2D eigenvalue weighted by Gasteiger charge is -2.30. The number of benzene rings is 2. The predicted octanol–water partition coefficient (Wildman–Crippen LogP) is 2.05. The Labute approximate surface area is 175 Å². The molecule has 1 aliphatic carbocycles. The number of nitrogens with one attached hydrogen (secondary N) is 4. The summed E-state index contributed by atoms with van der Waals surface area (Å²) in [6.45, 7) is 0. The zero-order valence-corrected chi connectivity index (χ0v) is 16.4. The summed E-state index contributed by atoms with van der Waals surface area (Å²) in [5, 5.41) is 22.7. The molecule has 0 radical (unpaired) electrons. The maximum atomic E-state index is 7.25. The number of hydrogen-bond acceptors (Lipinski definition) is 4. The molecule has 3 rings (SSSR count). The Morgan fingerprint density at radius 1 is 0.714 bits per heavy atom. The summed E-state index contributed by atoms with van der Waals surface area (Å²) < 4.78 is 0. The molecule has 0 amide bonds. The van der Waals surface area contributed by atoms with Gasteiger partial charge >= 0.3 is 0 Å².